The first-order valence-electron chi connectivity index (χ1n) is 15.3. The number of rotatable bonds is 9. The van der Waals surface area contributed by atoms with Gasteiger partial charge in [-0.05, 0) is 51.2 Å². The van der Waals surface area contributed by atoms with E-state index in [1.54, 1.807) is 17.4 Å². The molecule has 1 fully saturated rings. The second-order valence-corrected chi connectivity index (χ2v) is 14.1. The molecule has 2 unspecified atom stereocenters. The molecule has 2 aliphatic rings. The fraction of sp³-hybridized carbons (Fsp3) is 0.625. The number of aromatic nitrogens is 2. The molecule has 2 aromatic heterocycles. The fourth-order valence-corrected chi connectivity index (χ4v) is 5.41. The summed E-state index contributed by atoms with van der Waals surface area (Å²) >= 11 is 0. The van der Waals surface area contributed by atoms with E-state index in [9.17, 15) is 9.59 Å². The Morgan fingerprint density at radius 2 is 1.98 bits per heavy atom. The predicted octanol–water partition coefficient (Wildman–Crippen LogP) is 5.04. The minimum Gasteiger partial charge on any atom is -0.467 e. The minimum atomic E-state index is -0.616. The number of carbonyl (C=O) groups is 2. The Bertz CT molecular complexity index is 1260. The second-order valence-electron chi connectivity index (χ2n) is 14.1. The van der Waals surface area contributed by atoms with Crippen LogP contribution in [0.25, 0.3) is 0 Å². The molecule has 0 aliphatic carbocycles. The summed E-state index contributed by atoms with van der Waals surface area (Å²) in [5, 5.41) is 6.55. The second kappa shape index (κ2) is 13.3. The number of amides is 2. The van der Waals surface area contributed by atoms with Gasteiger partial charge in [0.1, 0.15) is 28.6 Å². The number of nitrogens with zero attached hydrogens (tertiary/aromatic N) is 5. The molecule has 0 saturated carbocycles. The molecule has 236 valence electrons. The van der Waals surface area contributed by atoms with E-state index in [1.807, 2.05) is 71.0 Å². The van der Waals surface area contributed by atoms with Crippen LogP contribution in [0, 0.1) is 11.8 Å². The van der Waals surface area contributed by atoms with Crippen LogP contribution in [-0.4, -0.2) is 81.2 Å². The van der Waals surface area contributed by atoms with Gasteiger partial charge < -0.3 is 34.5 Å². The van der Waals surface area contributed by atoms with Crippen LogP contribution in [0.4, 0.5) is 10.6 Å². The van der Waals surface area contributed by atoms with Crippen LogP contribution in [0.5, 0.6) is 0 Å². The molecule has 0 aromatic carbocycles. The van der Waals surface area contributed by atoms with Gasteiger partial charge in [-0.15, -0.1) is 0 Å². The van der Waals surface area contributed by atoms with E-state index in [2.05, 4.69) is 34.4 Å². The molecule has 11 heteroatoms. The Morgan fingerprint density at radius 3 is 2.58 bits per heavy atom. The molecule has 2 amide bonds. The average Bonchev–Trinajstić information content (AvgIpc) is 3.63. The van der Waals surface area contributed by atoms with Crippen molar-refractivity contribution >= 4 is 17.8 Å². The molecule has 2 atom stereocenters. The summed E-state index contributed by atoms with van der Waals surface area (Å²) in [7, 11) is 0. The molecule has 4 heterocycles. The van der Waals surface area contributed by atoms with Gasteiger partial charge in [0, 0.05) is 50.2 Å². The van der Waals surface area contributed by atoms with Gasteiger partial charge in [0.05, 0.1) is 25.5 Å². The molecule has 11 nitrogen and oxygen atoms in total. The molecule has 4 rings (SSSR count). The number of hydrogen-bond donors (Lipinski definition) is 2. The van der Waals surface area contributed by atoms with Crippen molar-refractivity contribution in [2.75, 3.05) is 38.2 Å². The van der Waals surface area contributed by atoms with Gasteiger partial charge in [0.25, 0.3) is 5.91 Å². The van der Waals surface area contributed by atoms with Crippen molar-refractivity contribution < 1.29 is 18.7 Å². The lowest BCUT2D eigenvalue weighted by Gasteiger charge is -2.44. The van der Waals surface area contributed by atoms with Crippen LogP contribution in [0.3, 0.4) is 0 Å². The first-order valence-corrected chi connectivity index (χ1v) is 15.3. The number of carbonyl (C=O) groups excluding carboxylic acids is 2. The Kier molecular flexibility index (Phi) is 9.92. The number of anilines is 1. The maximum Gasteiger partial charge on any atom is 0.410 e. The van der Waals surface area contributed by atoms with E-state index in [0.717, 1.165) is 25.4 Å². The summed E-state index contributed by atoms with van der Waals surface area (Å²) in [5.74, 6) is 2.05. The standard InChI is InChI=1S/C32H49N7O4/c1-22(2)17-39(24-14-23(18-37-12-11-33-21-37)19-38(20-24)30(41)43-32(6,7)8)28(40)26-16-35-29(31(3,4)5)36-27(26)34-15-25-10-9-13-42-25/h9-13,16,22-24,33H,14-15,17-21H2,1-8H3,(H,34,35,36). The fourth-order valence-electron chi connectivity index (χ4n) is 5.41. The van der Waals surface area contributed by atoms with Crippen molar-refractivity contribution in [3.63, 3.8) is 0 Å². The van der Waals surface area contributed by atoms with Gasteiger partial charge >= 0.3 is 6.09 Å². The average molecular weight is 596 g/mol. The third-order valence-electron chi connectivity index (χ3n) is 7.32. The van der Waals surface area contributed by atoms with Gasteiger partial charge in [-0.3, -0.25) is 4.79 Å². The molecule has 0 bridgehead atoms. The summed E-state index contributed by atoms with van der Waals surface area (Å²) in [5.41, 5.74) is -0.517. The Morgan fingerprint density at radius 1 is 1.21 bits per heavy atom. The maximum absolute atomic E-state index is 14.5. The molecule has 1 saturated heterocycles. The lowest BCUT2D eigenvalue weighted by atomic mass is 9.91. The van der Waals surface area contributed by atoms with E-state index in [1.165, 1.54) is 0 Å². The number of piperidine rings is 1. The van der Waals surface area contributed by atoms with E-state index < -0.39 is 5.60 Å². The van der Waals surface area contributed by atoms with E-state index >= 15 is 0 Å². The summed E-state index contributed by atoms with van der Waals surface area (Å²) in [4.78, 5) is 43.2. The van der Waals surface area contributed by atoms with Gasteiger partial charge in [0.15, 0.2) is 0 Å². The smallest absolute Gasteiger partial charge is 0.410 e. The maximum atomic E-state index is 14.5. The van der Waals surface area contributed by atoms with E-state index in [4.69, 9.17) is 14.1 Å². The van der Waals surface area contributed by atoms with Crippen LogP contribution in [0.2, 0.25) is 0 Å². The predicted molar refractivity (Wildman–Crippen MR) is 166 cm³/mol. The third-order valence-corrected chi connectivity index (χ3v) is 7.32. The first kappa shape index (κ1) is 32.2. The molecule has 2 aromatic rings. The van der Waals surface area contributed by atoms with Gasteiger partial charge in [-0.25, -0.2) is 14.8 Å². The van der Waals surface area contributed by atoms with Crippen LogP contribution in [0.15, 0.2) is 41.4 Å². The largest absolute Gasteiger partial charge is 0.467 e. The number of hydrogen-bond acceptors (Lipinski definition) is 9. The Balaban J connectivity index is 1.66. The van der Waals surface area contributed by atoms with Crippen LogP contribution >= 0.6 is 0 Å². The topological polar surface area (TPSA) is 116 Å². The van der Waals surface area contributed by atoms with Gasteiger partial charge in [-0.2, -0.15) is 0 Å². The van der Waals surface area contributed by atoms with Crippen LogP contribution < -0.4 is 10.6 Å². The lowest BCUT2D eigenvalue weighted by molar-refractivity contribution is -0.000916. The van der Waals surface area contributed by atoms with Crippen LogP contribution in [0.1, 0.15) is 83.8 Å². The van der Waals surface area contributed by atoms with Crippen molar-refractivity contribution in [2.24, 2.45) is 11.8 Å². The minimum absolute atomic E-state index is 0.148. The van der Waals surface area contributed by atoms with E-state index in [-0.39, 0.29) is 35.3 Å². The highest BCUT2D eigenvalue weighted by atomic mass is 16.6. The third kappa shape index (κ3) is 8.87. The summed E-state index contributed by atoms with van der Waals surface area (Å²) in [6.07, 6.45) is 7.63. The molecule has 0 spiro atoms. The number of furan rings is 1. The molecular weight excluding hydrogens is 546 g/mol. The number of nitrogens with one attached hydrogen (secondary N) is 2. The van der Waals surface area contributed by atoms with Gasteiger partial charge in [-0.1, -0.05) is 34.6 Å². The normalized spacial score (nSPS) is 19.0. The highest BCUT2D eigenvalue weighted by molar-refractivity contribution is 5.98. The monoisotopic (exact) mass is 595 g/mol. The zero-order valence-corrected chi connectivity index (χ0v) is 27.0. The molecule has 2 aliphatic heterocycles. The van der Waals surface area contributed by atoms with Crippen molar-refractivity contribution in [2.45, 2.75) is 85.4 Å². The molecule has 43 heavy (non-hydrogen) atoms. The Labute approximate surface area is 256 Å². The molecule has 2 N–H and O–H groups in total. The van der Waals surface area contributed by atoms with Crippen molar-refractivity contribution in [3.05, 3.63) is 54.1 Å². The molecular formula is C32H49N7O4. The van der Waals surface area contributed by atoms with Crippen molar-refractivity contribution in [1.82, 2.24) is 30.0 Å². The van der Waals surface area contributed by atoms with Crippen molar-refractivity contribution in [1.29, 1.82) is 0 Å². The first-order chi connectivity index (χ1) is 20.2. The summed E-state index contributed by atoms with van der Waals surface area (Å²) in [6.45, 7) is 19.3. The van der Waals surface area contributed by atoms with Gasteiger partial charge in [0.2, 0.25) is 0 Å². The lowest BCUT2D eigenvalue weighted by Crippen LogP contribution is -2.56. The van der Waals surface area contributed by atoms with E-state index in [0.29, 0.717) is 43.4 Å². The zero-order valence-electron chi connectivity index (χ0n) is 27.0. The number of ether oxygens (including phenoxy) is 1. The highest BCUT2D eigenvalue weighted by Crippen LogP contribution is 2.29. The summed E-state index contributed by atoms with van der Waals surface area (Å²) in [6, 6.07) is 3.50. The summed E-state index contributed by atoms with van der Waals surface area (Å²) < 4.78 is 11.3. The SMILES string of the molecule is CC(C)CN(C(=O)c1cnc(C(C)(C)C)nc1NCc1ccco1)C1CC(CN2C=CNC2)CN(C(=O)OC(C)(C)C)C1. The Hall–Kier alpha value is -3.76. The quantitative estimate of drug-likeness (QED) is 0.411. The van der Waals surface area contributed by atoms with Crippen LogP contribution in [-0.2, 0) is 16.7 Å². The van der Waals surface area contributed by atoms with Crippen molar-refractivity contribution in [3.8, 4) is 0 Å². The number of likely N-dealkylation sites (tertiary alicyclic amines) is 1. The zero-order chi connectivity index (χ0) is 31.4. The highest BCUT2D eigenvalue weighted by Gasteiger charge is 2.38. The molecule has 0 radical (unpaired) electrons.